The Labute approximate surface area is 623 Å². The summed E-state index contributed by atoms with van der Waals surface area (Å²) < 4.78 is 0. The quantitative estimate of drug-likeness (QED) is 0.142. The Bertz CT molecular complexity index is 6970. The topological polar surface area (TPSA) is 51.6 Å². The van der Waals surface area contributed by atoms with Crippen molar-refractivity contribution in [3.05, 3.63) is 389 Å². The van der Waals surface area contributed by atoms with Crippen LogP contribution < -0.4 is 0 Å². The van der Waals surface area contributed by atoms with E-state index in [-0.39, 0.29) is 0 Å². The van der Waals surface area contributed by atoms with Gasteiger partial charge in [-0.1, -0.05) is 303 Å². The lowest BCUT2D eigenvalue weighted by Crippen LogP contribution is -1.91. The van der Waals surface area contributed by atoms with Crippen LogP contribution in [0.5, 0.6) is 0 Å². The van der Waals surface area contributed by atoms with Crippen molar-refractivity contribution in [2.45, 2.75) is 0 Å². The van der Waals surface area contributed by atoms with Crippen molar-refractivity contribution in [1.82, 2.24) is 19.9 Å². The molecule has 0 aliphatic carbocycles. The predicted octanol–water partition coefficient (Wildman–Crippen LogP) is 28.1. The van der Waals surface area contributed by atoms with Crippen LogP contribution in [-0.4, -0.2) is 19.9 Å². The Balaban J connectivity index is 0.000000139. The van der Waals surface area contributed by atoms with Crippen LogP contribution in [0, 0.1) is 0 Å². The Morgan fingerprint density at radius 3 is 0.685 bits per heavy atom. The van der Waals surface area contributed by atoms with Gasteiger partial charge in [0.05, 0.1) is 22.1 Å². The van der Waals surface area contributed by atoms with Gasteiger partial charge in [-0.15, -0.1) is 0 Å². The number of hydrogen-bond donors (Lipinski definition) is 0. The molecule has 0 atom stereocenters. The van der Waals surface area contributed by atoms with E-state index < -0.39 is 0 Å². The van der Waals surface area contributed by atoms with E-state index in [2.05, 4.69) is 364 Å². The molecule has 4 heteroatoms. The Morgan fingerprint density at radius 1 is 0.120 bits per heavy atom. The molecule has 4 nitrogen and oxygen atoms in total. The molecule has 22 aromatic rings. The number of aromatic nitrogens is 4. The van der Waals surface area contributed by atoms with Crippen LogP contribution >= 0.6 is 0 Å². The van der Waals surface area contributed by atoms with Gasteiger partial charge in [-0.3, -0.25) is 19.9 Å². The molecule has 0 bridgehead atoms. The third-order valence-corrected chi connectivity index (χ3v) is 22.2. The molecule has 0 N–H and O–H groups in total. The minimum Gasteiger partial charge on any atom is -0.252 e. The summed E-state index contributed by atoms with van der Waals surface area (Å²) in [6.07, 6.45) is 7.23. The minimum absolute atomic E-state index is 0.914. The third-order valence-electron chi connectivity index (χ3n) is 22.2. The summed E-state index contributed by atoms with van der Waals surface area (Å²) in [5, 5.41) is 24.3. The molecule has 2 aromatic heterocycles. The molecule has 0 amide bonds. The minimum atomic E-state index is 0.914. The zero-order chi connectivity index (χ0) is 71.2. The molecule has 108 heavy (non-hydrogen) atoms. The number of benzene rings is 20. The Morgan fingerprint density at radius 2 is 0.352 bits per heavy atom. The van der Waals surface area contributed by atoms with E-state index >= 15 is 0 Å². The highest BCUT2D eigenvalue weighted by atomic mass is 14.8. The highest BCUT2D eigenvalue weighted by Gasteiger charge is 2.19. The first-order valence-electron chi connectivity index (χ1n) is 36.9. The summed E-state index contributed by atoms with van der Waals surface area (Å²) in [5.41, 5.74) is 22.8. The zero-order valence-corrected chi connectivity index (χ0v) is 58.7. The molecule has 0 saturated heterocycles. The smallest absolute Gasteiger partial charge is 0.0971 e. The number of fused-ring (bicyclic) bond motifs is 20. The van der Waals surface area contributed by atoms with E-state index in [9.17, 15) is 0 Å². The average Bonchev–Trinajstić information content (AvgIpc) is 0.743. The molecule has 20 aromatic carbocycles. The van der Waals surface area contributed by atoms with E-state index in [1.807, 2.05) is 12.4 Å². The van der Waals surface area contributed by atoms with Gasteiger partial charge < -0.3 is 0 Å². The number of rotatable bonds is 8. The molecular weight excluding hydrogens is 1310 g/mol. The lowest BCUT2D eigenvalue weighted by molar-refractivity contribution is 1.31. The maximum absolute atomic E-state index is 4.97. The first-order valence-corrected chi connectivity index (χ1v) is 36.9. The van der Waals surface area contributed by atoms with E-state index in [0.717, 1.165) is 65.9 Å². The molecule has 0 fully saturated rings. The SMILES string of the molecule is c1cc(-c2ccc3c4ccc(-c5cccc(-c6cc7ccccc7c7ccccc67)c5)cc4c4nccnc4c3c2)cc(-c2cc3ccccc3c3ccccc23)c1.c1cc(-c2ccc3c4ccc(-c5cccc(-c6cccc7ccccc67)c5)cc4c4nccnc4c3c2)cc(-c2cccc3ccccc23)c1. The van der Waals surface area contributed by atoms with Crippen molar-refractivity contribution >= 4 is 130 Å². The van der Waals surface area contributed by atoms with Crippen LogP contribution in [0.25, 0.3) is 219 Å². The molecule has 22 rings (SSSR count). The van der Waals surface area contributed by atoms with Crippen molar-refractivity contribution in [2.24, 2.45) is 0 Å². The largest absolute Gasteiger partial charge is 0.252 e. The summed E-state index contributed by atoms with van der Waals surface area (Å²) in [4.78, 5) is 19.8. The molecule has 0 unspecified atom stereocenters. The van der Waals surface area contributed by atoms with Crippen molar-refractivity contribution in [2.75, 3.05) is 0 Å². The summed E-state index contributed by atoms with van der Waals surface area (Å²) in [5.74, 6) is 0. The molecule has 0 aliphatic rings. The second kappa shape index (κ2) is 25.8. The molecule has 0 radical (unpaired) electrons. The Kier molecular flexibility index (Phi) is 14.9. The maximum atomic E-state index is 4.97. The highest BCUT2D eigenvalue weighted by Crippen LogP contribution is 2.45. The zero-order valence-electron chi connectivity index (χ0n) is 58.7. The maximum Gasteiger partial charge on any atom is 0.0971 e. The molecule has 0 aliphatic heterocycles. The van der Waals surface area contributed by atoms with Gasteiger partial charge in [0.15, 0.2) is 0 Å². The molecule has 0 saturated carbocycles. The number of nitrogens with zero attached hydrogens (tertiary/aromatic N) is 4. The fourth-order valence-electron chi connectivity index (χ4n) is 17.1. The molecule has 2 heterocycles. The van der Waals surface area contributed by atoms with Crippen LogP contribution in [0.15, 0.2) is 389 Å². The van der Waals surface area contributed by atoms with E-state index in [1.165, 1.54) is 153 Å². The lowest BCUT2D eigenvalue weighted by atomic mass is 9.90. The summed E-state index contributed by atoms with van der Waals surface area (Å²) in [6.45, 7) is 0. The van der Waals surface area contributed by atoms with Crippen LogP contribution in [0.3, 0.4) is 0 Å². The van der Waals surface area contributed by atoms with Crippen molar-refractivity contribution in [1.29, 1.82) is 0 Å². The molecule has 0 spiro atoms. The van der Waals surface area contributed by atoms with Crippen LogP contribution in [0.1, 0.15) is 0 Å². The summed E-state index contributed by atoms with van der Waals surface area (Å²) in [6, 6.07) is 133. The van der Waals surface area contributed by atoms with Crippen LogP contribution in [-0.2, 0) is 0 Å². The van der Waals surface area contributed by atoms with Crippen LogP contribution in [0.2, 0.25) is 0 Å². The third kappa shape index (κ3) is 10.7. The van der Waals surface area contributed by atoms with E-state index in [1.54, 1.807) is 12.4 Å². The first-order chi connectivity index (χ1) is 53.5. The van der Waals surface area contributed by atoms with E-state index in [0.29, 0.717) is 0 Å². The van der Waals surface area contributed by atoms with Gasteiger partial charge in [0.2, 0.25) is 0 Å². The van der Waals surface area contributed by atoms with Gasteiger partial charge in [-0.25, -0.2) is 0 Å². The van der Waals surface area contributed by atoms with Gasteiger partial charge >= 0.3 is 0 Å². The predicted molar refractivity (Wildman–Crippen MR) is 458 cm³/mol. The van der Waals surface area contributed by atoms with Crippen molar-refractivity contribution in [3.8, 4) is 89.0 Å². The average molecular weight is 1370 g/mol. The summed E-state index contributed by atoms with van der Waals surface area (Å²) >= 11 is 0. The second-order valence-corrected chi connectivity index (χ2v) is 28.3. The van der Waals surface area contributed by atoms with Gasteiger partial charge in [0.1, 0.15) is 0 Å². The standard InChI is InChI=1S/C56H34N2.C48H30N2/c1-3-17-43-41(11-1)33-51(47-21-7-5-19-45(43)47)39-15-9-13-35(29-39)37-23-25-49-50-26-24-38(32-54(50)56-55(53(49)31-37)57-27-28-58-56)36-14-10-16-40(30-36)52-34-42-12-2-4-18-44(42)46-20-6-8-22-48(46)52;1-3-17-39-31(9-1)11-7-19-41(39)37-15-5-13-33(27-37)35-21-23-43-44-24-22-36(30-46(44)48-47(45(43)29-35)49-25-26-50-48)34-14-6-16-38(28-34)42-20-8-12-32-10-2-4-18-40(32)42/h1-34H;1-30H. The molecule has 500 valence electrons. The highest BCUT2D eigenvalue weighted by molar-refractivity contribution is 6.26. The van der Waals surface area contributed by atoms with Crippen LogP contribution in [0.4, 0.5) is 0 Å². The lowest BCUT2D eigenvalue weighted by Gasteiger charge is -2.14. The number of hydrogen-bond acceptors (Lipinski definition) is 4. The van der Waals surface area contributed by atoms with Gasteiger partial charge in [-0.2, -0.15) is 0 Å². The van der Waals surface area contributed by atoms with Gasteiger partial charge in [-0.05, 0) is 236 Å². The van der Waals surface area contributed by atoms with E-state index in [4.69, 9.17) is 19.9 Å². The fourth-order valence-corrected chi connectivity index (χ4v) is 17.1. The monoisotopic (exact) mass is 1370 g/mol. The normalized spacial score (nSPS) is 11.7. The first kappa shape index (κ1) is 62.3. The second-order valence-electron chi connectivity index (χ2n) is 28.3. The fraction of sp³-hybridized carbons (Fsp3) is 0. The van der Waals surface area contributed by atoms with Crippen molar-refractivity contribution < 1.29 is 0 Å². The molecular formula is C104H64N4. The van der Waals surface area contributed by atoms with Gasteiger partial charge in [0.25, 0.3) is 0 Å². The van der Waals surface area contributed by atoms with Gasteiger partial charge in [0, 0.05) is 46.3 Å². The Hall–Kier alpha value is -14.3. The van der Waals surface area contributed by atoms with Crippen molar-refractivity contribution in [3.63, 3.8) is 0 Å². The summed E-state index contributed by atoms with van der Waals surface area (Å²) in [7, 11) is 0.